The van der Waals surface area contributed by atoms with Crippen LogP contribution in [0.15, 0.2) is 0 Å². The molecule has 3 fully saturated rings. The van der Waals surface area contributed by atoms with E-state index in [2.05, 4.69) is 32.8 Å². The lowest BCUT2D eigenvalue weighted by Gasteiger charge is -2.34. The maximum Gasteiger partial charge on any atom is 0.128 e. The highest BCUT2D eigenvalue weighted by Crippen LogP contribution is 2.31. The molecule has 0 bridgehead atoms. The van der Waals surface area contributed by atoms with Crippen molar-refractivity contribution in [2.24, 2.45) is 11.8 Å². The molecule has 0 aromatic heterocycles. The van der Waals surface area contributed by atoms with Gasteiger partial charge in [0.25, 0.3) is 0 Å². The highest BCUT2D eigenvalue weighted by atomic mass is 16.7. The summed E-state index contributed by atoms with van der Waals surface area (Å²) in [5.41, 5.74) is 3.11. The highest BCUT2D eigenvalue weighted by Gasteiger charge is 2.32. The summed E-state index contributed by atoms with van der Waals surface area (Å²) >= 11 is 0. The maximum absolute atomic E-state index is 8.85. The lowest BCUT2D eigenvalue weighted by atomic mass is 9.80. The first-order chi connectivity index (χ1) is 10.7. The number of hydroxylamine groups is 1. The van der Waals surface area contributed by atoms with Crippen molar-refractivity contribution in [3.05, 3.63) is 0 Å². The lowest BCUT2D eigenvalue weighted by molar-refractivity contribution is 0.0251. The van der Waals surface area contributed by atoms with Gasteiger partial charge >= 0.3 is 0 Å². The Balaban J connectivity index is 1.32. The Morgan fingerprint density at radius 1 is 1.18 bits per heavy atom. The second-order valence-corrected chi connectivity index (χ2v) is 6.76. The number of piperazine rings is 1. The number of hydrogen-bond acceptors (Lipinski definition) is 7. The zero-order valence-electron chi connectivity index (χ0n) is 13.3. The van der Waals surface area contributed by atoms with E-state index >= 15 is 0 Å². The highest BCUT2D eigenvalue weighted by molar-refractivity contribution is 4.96. The molecule has 0 aromatic carbocycles. The largest absolute Gasteiger partial charge is 0.301 e. The van der Waals surface area contributed by atoms with E-state index in [-0.39, 0.29) is 18.4 Å². The number of rotatable bonds is 4. The summed E-state index contributed by atoms with van der Waals surface area (Å²) in [4.78, 5) is 5.38. The van der Waals surface area contributed by atoms with Gasteiger partial charge in [-0.05, 0) is 51.0 Å². The molecule has 0 amide bonds. The first-order valence-corrected chi connectivity index (χ1v) is 8.51. The molecule has 0 radical (unpaired) electrons. The molecule has 5 N–H and O–H groups in total. The van der Waals surface area contributed by atoms with Gasteiger partial charge < -0.3 is 5.32 Å². The quantitative estimate of drug-likeness (QED) is 0.482. The monoisotopic (exact) mass is 308 g/mol. The third-order valence-electron chi connectivity index (χ3n) is 5.09. The molecular weight excluding hydrogens is 280 g/mol. The predicted molar refractivity (Wildman–Crippen MR) is 83.3 cm³/mol. The molecule has 7 heteroatoms. The first kappa shape index (κ1) is 16.1. The van der Waals surface area contributed by atoms with Crippen LogP contribution in [0.3, 0.4) is 0 Å². The minimum Gasteiger partial charge on any atom is -0.301 e. The maximum atomic E-state index is 8.85. The molecule has 7 nitrogen and oxygen atoms in total. The fourth-order valence-electron chi connectivity index (χ4n) is 3.66. The van der Waals surface area contributed by atoms with Crippen molar-refractivity contribution in [3.8, 4) is 6.07 Å². The number of nitrogens with one attached hydrogen (secondary N) is 5. The Kier molecular flexibility index (Phi) is 5.63. The summed E-state index contributed by atoms with van der Waals surface area (Å²) < 4.78 is 0. The standard InChI is InChI=1S/C15H28N6O/c1-10-20-15(21-22-10)12-4-2-11(3-5-12)7-18-14-9-17-13(6-16)8-19-14/h10-15,17-21H,2-5,7-9H2,1H3. The third kappa shape index (κ3) is 4.16. The second kappa shape index (κ2) is 7.68. The molecule has 3 aliphatic rings. The van der Waals surface area contributed by atoms with Crippen LogP contribution >= 0.6 is 0 Å². The summed E-state index contributed by atoms with van der Waals surface area (Å²) in [6, 6.07) is 2.19. The van der Waals surface area contributed by atoms with Gasteiger partial charge in [-0.1, -0.05) is 0 Å². The topological polar surface area (TPSA) is 93.2 Å². The van der Waals surface area contributed by atoms with Crippen molar-refractivity contribution in [1.29, 1.82) is 5.26 Å². The fraction of sp³-hybridized carbons (Fsp3) is 0.933. The van der Waals surface area contributed by atoms with Crippen LogP contribution in [0.2, 0.25) is 0 Å². The Morgan fingerprint density at radius 2 is 2.00 bits per heavy atom. The summed E-state index contributed by atoms with van der Waals surface area (Å²) in [7, 11) is 0. The first-order valence-electron chi connectivity index (χ1n) is 8.51. The van der Waals surface area contributed by atoms with E-state index in [1.54, 1.807) is 0 Å². The Hall–Kier alpha value is -0.750. The lowest BCUT2D eigenvalue weighted by Crippen LogP contribution is -2.60. The van der Waals surface area contributed by atoms with Crippen LogP contribution in [0, 0.1) is 23.2 Å². The molecule has 2 saturated heterocycles. The summed E-state index contributed by atoms with van der Waals surface area (Å²) in [5.74, 6) is 1.43. The SMILES string of the molecule is CC1NC(C2CCC(CNC3CNC(C#N)CN3)CC2)NO1. The Labute approximate surface area is 132 Å². The molecular formula is C15H28N6O. The average Bonchev–Trinajstić information content (AvgIpc) is 3.00. The number of nitrogens with zero attached hydrogens (tertiary/aromatic N) is 1. The Bertz CT molecular complexity index is 384. The van der Waals surface area contributed by atoms with Crippen molar-refractivity contribution in [3.63, 3.8) is 0 Å². The van der Waals surface area contributed by atoms with Gasteiger partial charge in [0, 0.05) is 13.1 Å². The molecule has 0 aromatic rings. The Morgan fingerprint density at radius 3 is 2.59 bits per heavy atom. The van der Waals surface area contributed by atoms with Crippen LogP contribution < -0.4 is 26.7 Å². The van der Waals surface area contributed by atoms with Crippen LogP contribution in [0.1, 0.15) is 32.6 Å². The molecule has 4 atom stereocenters. The van der Waals surface area contributed by atoms with Gasteiger partial charge in [0.05, 0.1) is 18.4 Å². The van der Waals surface area contributed by atoms with Crippen LogP contribution in [0.4, 0.5) is 0 Å². The van der Waals surface area contributed by atoms with Gasteiger partial charge in [-0.3, -0.25) is 20.8 Å². The third-order valence-corrected chi connectivity index (χ3v) is 5.09. The fourth-order valence-corrected chi connectivity index (χ4v) is 3.66. The molecule has 22 heavy (non-hydrogen) atoms. The van der Waals surface area contributed by atoms with Crippen LogP contribution in [0.5, 0.6) is 0 Å². The van der Waals surface area contributed by atoms with Crippen molar-refractivity contribution in [2.45, 2.75) is 57.2 Å². The van der Waals surface area contributed by atoms with E-state index in [9.17, 15) is 0 Å². The van der Waals surface area contributed by atoms with E-state index in [0.29, 0.717) is 12.1 Å². The molecule has 4 unspecified atom stereocenters. The molecule has 0 spiro atoms. The van der Waals surface area contributed by atoms with E-state index in [1.165, 1.54) is 25.7 Å². The molecule has 124 valence electrons. The molecule has 1 saturated carbocycles. The second-order valence-electron chi connectivity index (χ2n) is 6.76. The predicted octanol–water partition coefficient (Wildman–Crippen LogP) is -0.410. The normalized spacial score (nSPS) is 42.9. The van der Waals surface area contributed by atoms with Crippen LogP contribution in [0.25, 0.3) is 0 Å². The van der Waals surface area contributed by atoms with Crippen LogP contribution in [-0.2, 0) is 4.84 Å². The minimum atomic E-state index is -0.0514. The van der Waals surface area contributed by atoms with Gasteiger partial charge in [0.15, 0.2) is 0 Å². The molecule has 2 aliphatic heterocycles. The van der Waals surface area contributed by atoms with Crippen molar-refractivity contribution in [2.75, 3.05) is 19.6 Å². The smallest absolute Gasteiger partial charge is 0.128 e. The van der Waals surface area contributed by atoms with Crippen molar-refractivity contribution >= 4 is 0 Å². The van der Waals surface area contributed by atoms with Gasteiger partial charge in [0.2, 0.25) is 0 Å². The van der Waals surface area contributed by atoms with Gasteiger partial charge in [-0.25, -0.2) is 0 Å². The summed E-state index contributed by atoms with van der Waals surface area (Å²) in [6.07, 6.45) is 5.76. The van der Waals surface area contributed by atoms with Gasteiger partial charge in [-0.2, -0.15) is 10.7 Å². The van der Waals surface area contributed by atoms with E-state index in [0.717, 1.165) is 25.6 Å². The van der Waals surface area contributed by atoms with Crippen molar-refractivity contribution < 1.29 is 4.84 Å². The van der Waals surface area contributed by atoms with Gasteiger partial charge in [0.1, 0.15) is 12.3 Å². The molecule has 2 heterocycles. The van der Waals surface area contributed by atoms with E-state index in [1.807, 2.05) is 6.92 Å². The van der Waals surface area contributed by atoms with E-state index in [4.69, 9.17) is 10.1 Å². The summed E-state index contributed by atoms with van der Waals surface area (Å²) in [5, 5.41) is 22.5. The zero-order chi connectivity index (χ0) is 15.4. The van der Waals surface area contributed by atoms with Crippen molar-refractivity contribution in [1.82, 2.24) is 26.7 Å². The molecule has 1 aliphatic carbocycles. The van der Waals surface area contributed by atoms with Gasteiger partial charge in [-0.15, -0.1) is 0 Å². The van der Waals surface area contributed by atoms with E-state index < -0.39 is 0 Å². The molecule has 3 rings (SSSR count). The average molecular weight is 308 g/mol. The number of hydrogen-bond donors (Lipinski definition) is 5. The minimum absolute atomic E-state index is 0.0514. The summed E-state index contributed by atoms with van der Waals surface area (Å²) in [6.45, 7) is 4.63. The zero-order valence-corrected chi connectivity index (χ0v) is 13.3. The number of nitriles is 1. The van der Waals surface area contributed by atoms with Crippen LogP contribution in [-0.4, -0.2) is 44.2 Å².